The third-order valence-corrected chi connectivity index (χ3v) is 5.60. The van der Waals surface area contributed by atoms with E-state index in [1.165, 1.54) is 0 Å². The van der Waals surface area contributed by atoms with E-state index in [-0.39, 0.29) is 0 Å². The number of hydrogen-bond donors (Lipinski definition) is 1. The van der Waals surface area contributed by atoms with Gasteiger partial charge in [-0.1, -0.05) is 29.8 Å². The summed E-state index contributed by atoms with van der Waals surface area (Å²) in [4.78, 5) is 13.7. The van der Waals surface area contributed by atoms with Crippen LogP contribution in [0.2, 0.25) is 5.02 Å². The van der Waals surface area contributed by atoms with Gasteiger partial charge in [-0.15, -0.1) is 0 Å². The minimum absolute atomic E-state index is 0.511. The van der Waals surface area contributed by atoms with Crippen LogP contribution >= 0.6 is 11.6 Å². The highest BCUT2D eigenvalue weighted by Gasteiger charge is 2.20. The number of hydrogen-bond acceptors (Lipinski definition) is 5. The van der Waals surface area contributed by atoms with Crippen LogP contribution in [-0.2, 0) is 18.4 Å². The molecule has 0 fully saturated rings. The molecule has 7 heteroatoms. The number of imidazole rings is 1. The number of nitrogens with zero attached hydrogens (tertiary/aromatic N) is 4. The summed E-state index contributed by atoms with van der Waals surface area (Å²) >= 11 is 6.02. The Morgan fingerprint density at radius 3 is 2.36 bits per heavy atom. The largest absolute Gasteiger partial charge is 0.495 e. The lowest BCUT2D eigenvalue weighted by atomic mass is 10.0. The third kappa shape index (κ3) is 5.59. The Balaban J connectivity index is 1.66. The van der Waals surface area contributed by atoms with E-state index in [1.807, 2.05) is 66.2 Å². The van der Waals surface area contributed by atoms with Crippen LogP contribution in [0.4, 0.5) is 0 Å². The Hall–Kier alpha value is -3.22. The standard InChI is InChI=1S/C26H27ClN4O2/c1-17-15-31(16-28-17)22-10-7-19(12-23(22)33-4)13-25-29-21(14-24(30-25)26(2,3)32)11-18-5-8-20(27)9-6-18/h5-10,12,14-16,32H,11,13H2,1-4H3. The second-order valence-corrected chi connectivity index (χ2v) is 9.06. The molecule has 0 amide bonds. The Bertz CT molecular complexity index is 1260. The quantitative estimate of drug-likeness (QED) is 0.416. The van der Waals surface area contributed by atoms with E-state index in [0.29, 0.717) is 29.4 Å². The Kier molecular flexibility index (Phi) is 6.49. The lowest BCUT2D eigenvalue weighted by molar-refractivity contribution is 0.0733. The predicted molar refractivity (Wildman–Crippen MR) is 129 cm³/mol. The first-order valence-electron chi connectivity index (χ1n) is 10.7. The summed E-state index contributed by atoms with van der Waals surface area (Å²) < 4.78 is 7.58. The van der Waals surface area contributed by atoms with Crippen LogP contribution in [0.1, 0.15) is 47.9 Å². The molecule has 0 atom stereocenters. The maximum Gasteiger partial charge on any atom is 0.143 e. The van der Waals surface area contributed by atoms with Gasteiger partial charge in [-0.3, -0.25) is 0 Å². The normalized spacial score (nSPS) is 11.6. The minimum atomic E-state index is -1.08. The van der Waals surface area contributed by atoms with Crippen LogP contribution in [0.15, 0.2) is 61.1 Å². The number of rotatable bonds is 7. The molecule has 2 aromatic carbocycles. The molecule has 170 valence electrons. The van der Waals surface area contributed by atoms with Crippen molar-refractivity contribution in [3.05, 3.63) is 100 Å². The van der Waals surface area contributed by atoms with Gasteiger partial charge in [0.1, 0.15) is 17.2 Å². The second kappa shape index (κ2) is 9.33. The van der Waals surface area contributed by atoms with Gasteiger partial charge in [-0.05, 0) is 62.2 Å². The monoisotopic (exact) mass is 462 g/mol. The van der Waals surface area contributed by atoms with Crippen LogP contribution in [0, 0.1) is 6.92 Å². The fourth-order valence-electron chi connectivity index (χ4n) is 3.63. The fourth-order valence-corrected chi connectivity index (χ4v) is 3.75. The molecule has 4 aromatic rings. The van der Waals surface area contributed by atoms with Crippen molar-refractivity contribution in [1.82, 2.24) is 19.5 Å². The van der Waals surface area contributed by atoms with Crippen molar-refractivity contribution in [2.75, 3.05) is 7.11 Å². The summed E-state index contributed by atoms with van der Waals surface area (Å²) in [5, 5.41) is 11.3. The smallest absolute Gasteiger partial charge is 0.143 e. The predicted octanol–water partition coefficient (Wildman–Crippen LogP) is 5.04. The third-order valence-electron chi connectivity index (χ3n) is 5.35. The second-order valence-electron chi connectivity index (χ2n) is 8.63. The molecule has 0 radical (unpaired) electrons. The molecular weight excluding hydrogens is 436 g/mol. The maximum absolute atomic E-state index is 10.6. The molecule has 0 aliphatic heterocycles. The molecule has 33 heavy (non-hydrogen) atoms. The van der Waals surface area contributed by atoms with Crippen molar-refractivity contribution in [2.45, 2.75) is 39.2 Å². The number of aromatic nitrogens is 4. The summed E-state index contributed by atoms with van der Waals surface area (Å²) in [6.45, 7) is 5.41. The molecule has 0 aliphatic rings. The zero-order chi connectivity index (χ0) is 23.6. The molecule has 0 unspecified atom stereocenters. The van der Waals surface area contributed by atoms with Gasteiger partial charge in [-0.2, -0.15) is 0 Å². The van der Waals surface area contributed by atoms with Crippen LogP contribution in [-0.4, -0.2) is 31.7 Å². The van der Waals surface area contributed by atoms with Crippen molar-refractivity contribution < 1.29 is 9.84 Å². The first-order valence-corrected chi connectivity index (χ1v) is 11.1. The van der Waals surface area contributed by atoms with Crippen molar-refractivity contribution in [1.29, 1.82) is 0 Å². The Morgan fingerprint density at radius 1 is 1.00 bits per heavy atom. The summed E-state index contributed by atoms with van der Waals surface area (Å²) in [7, 11) is 1.65. The molecule has 2 aromatic heterocycles. The van der Waals surface area contributed by atoms with Crippen LogP contribution in [0.5, 0.6) is 5.75 Å². The molecule has 1 N–H and O–H groups in total. The number of aliphatic hydroxyl groups is 1. The van der Waals surface area contributed by atoms with Crippen LogP contribution in [0.3, 0.4) is 0 Å². The van der Waals surface area contributed by atoms with Gasteiger partial charge >= 0.3 is 0 Å². The number of ether oxygens (including phenoxy) is 1. The highest BCUT2D eigenvalue weighted by molar-refractivity contribution is 6.30. The maximum atomic E-state index is 10.6. The summed E-state index contributed by atoms with van der Waals surface area (Å²) in [5.41, 5.74) is 4.31. The minimum Gasteiger partial charge on any atom is -0.495 e. The first-order chi connectivity index (χ1) is 15.7. The van der Waals surface area contributed by atoms with Gasteiger partial charge < -0.3 is 14.4 Å². The van der Waals surface area contributed by atoms with Gasteiger partial charge in [-0.25, -0.2) is 15.0 Å². The first kappa shape index (κ1) is 23.0. The molecule has 4 rings (SSSR count). The summed E-state index contributed by atoms with van der Waals surface area (Å²) in [6, 6.07) is 15.6. The highest BCUT2D eigenvalue weighted by Crippen LogP contribution is 2.26. The number of aryl methyl sites for hydroxylation is 1. The molecule has 0 spiro atoms. The van der Waals surface area contributed by atoms with E-state index in [1.54, 1.807) is 27.3 Å². The molecule has 0 aliphatic carbocycles. The lowest BCUT2D eigenvalue weighted by Crippen LogP contribution is -2.20. The Morgan fingerprint density at radius 2 is 1.73 bits per heavy atom. The molecule has 6 nitrogen and oxygen atoms in total. The SMILES string of the molecule is COc1cc(Cc2nc(Cc3ccc(Cl)cc3)cc(C(C)(C)O)n2)ccc1-n1cnc(C)c1. The van der Waals surface area contributed by atoms with E-state index < -0.39 is 5.60 Å². The topological polar surface area (TPSA) is 73.1 Å². The van der Waals surface area contributed by atoms with Gasteiger partial charge in [0.25, 0.3) is 0 Å². The molecule has 0 saturated heterocycles. The molecule has 0 bridgehead atoms. The number of benzene rings is 2. The van der Waals surface area contributed by atoms with Crippen molar-refractivity contribution in [3.63, 3.8) is 0 Å². The van der Waals surface area contributed by atoms with Gasteiger partial charge in [0, 0.05) is 29.8 Å². The van der Waals surface area contributed by atoms with E-state index >= 15 is 0 Å². The zero-order valence-electron chi connectivity index (χ0n) is 19.2. The summed E-state index contributed by atoms with van der Waals surface area (Å²) in [5.74, 6) is 1.39. The van der Waals surface area contributed by atoms with Crippen molar-refractivity contribution in [2.24, 2.45) is 0 Å². The van der Waals surface area contributed by atoms with Gasteiger partial charge in [0.2, 0.25) is 0 Å². The van der Waals surface area contributed by atoms with Crippen LogP contribution in [0.25, 0.3) is 5.69 Å². The van der Waals surface area contributed by atoms with Gasteiger partial charge in [0.15, 0.2) is 0 Å². The van der Waals surface area contributed by atoms with Gasteiger partial charge in [0.05, 0.1) is 30.5 Å². The molecular formula is C26H27ClN4O2. The molecule has 0 saturated carbocycles. The lowest BCUT2D eigenvalue weighted by Gasteiger charge is -2.19. The average molecular weight is 463 g/mol. The molecule has 2 heterocycles. The van der Waals surface area contributed by atoms with Crippen molar-refractivity contribution in [3.8, 4) is 11.4 Å². The van der Waals surface area contributed by atoms with E-state index in [0.717, 1.165) is 34.0 Å². The number of methoxy groups -OCH3 is 1. The van der Waals surface area contributed by atoms with E-state index in [4.69, 9.17) is 21.3 Å². The Labute approximate surface area is 198 Å². The zero-order valence-corrected chi connectivity index (χ0v) is 20.0. The van der Waals surface area contributed by atoms with Crippen molar-refractivity contribution >= 4 is 11.6 Å². The van der Waals surface area contributed by atoms with E-state index in [9.17, 15) is 5.11 Å². The summed E-state index contributed by atoms with van der Waals surface area (Å²) in [6.07, 6.45) is 4.86. The van der Waals surface area contributed by atoms with E-state index in [2.05, 4.69) is 9.97 Å². The highest BCUT2D eigenvalue weighted by atomic mass is 35.5. The average Bonchev–Trinajstić information content (AvgIpc) is 3.20. The van der Waals surface area contributed by atoms with Crippen LogP contribution < -0.4 is 4.74 Å². The number of halogens is 1. The fraction of sp³-hybridized carbons (Fsp3) is 0.269.